The molecule has 0 saturated heterocycles. The molecule has 9 heteroatoms. The molecule has 1 aromatic carbocycles. The molecule has 1 aromatic rings. The fourth-order valence-electron chi connectivity index (χ4n) is 4.37. The number of benzene rings is 1. The zero-order chi connectivity index (χ0) is 30.1. The minimum Gasteiger partial charge on any atom is -0.444 e. The van der Waals surface area contributed by atoms with Gasteiger partial charge in [-0.25, -0.2) is 4.79 Å². The number of unbranched alkanes of at least 4 members (excludes halogenated alkanes) is 6. The lowest BCUT2D eigenvalue weighted by molar-refractivity contribution is -0.143. The second-order valence-corrected chi connectivity index (χ2v) is 11.3. The third-order valence-corrected chi connectivity index (χ3v) is 6.52. The van der Waals surface area contributed by atoms with E-state index in [-0.39, 0.29) is 12.5 Å². The summed E-state index contributed by atoms with van der Waals surface area (Å²) >= 11 is 0. The van der Waals surface area contributed by atoms with Gasteiger partial charge in [0.15, 0.2) is 0 Å². The van der Waals surface area contributed by atoms with Crippen molar-refractivity contribution in [3.05, 3.63) is 35.4 Å². The number of aryl methyl sites for hydroxylation is 1. The number of nitrogens with zero attached hydrogens (tertiary/aromatic N) is 1. The molecule has 2 unspecified atom stereocenters. The summed E-state index contributed by atoms with van der Waals surface area (Å²) in [5, 5.41) is 5.51. The predicted molar refractivity (Wildman–Crippen MR) is 159 cm³/mol. The van der Waals surface area contributed by atoms with Crippen LogP contribution in [0.2, 0.25) is 0 Å². The number of hydrogen-bond donors (Lipinski definition) is 3. The first-order valence-electron chi connectivity index (χ1n) is 14.9. The van der Waals surface area contributed by atoms with Crippen LogP contribution in [0.25, 0.3) is 0 Å². The van der Waals surface area contributed by atoms with Gasteiger partial charge in [0.2, 0.25) is 17.7 Å². The monoisotopic (exact) mass is 560 g/mol. The van der Waals surface area contributed by atoms with Crippen molar-refractivity contribution in [3.63, 3.8) is 0 Å². The summed E-state index contributed by atoms with van der Waals surface area (Å²) in [6.07, 6.45) is 7.30. The molecular weight excluding hydrogens is 508 g/mol. The maximum absolute atomic E-state index is 14.1. The van der Waals surface area contributed by atoms with Crippen LogP contribution in [0.15, 0.2) is 24.3 Å². The van der Waals surface area contributed by atoms with Gasteiger partial charge in [0.05, 0.1) is 6.42 Å². The Hall–Kier alpha value is -3.10. The van der Waals surface area contributed by atoms with E-state index in [9.17, 15) is 19.2 Å². The van der Waals surface area contributed by atoms with Crippen molar-refractivity contribution in [2.45, 2.75) is 123 Å². The standard InChI is InChI=1S/C31H52N4O5/c1-7-10-12-13-14-15-21-35(29(38)25(22-26(32)36)34-30(39)40-31(4,5)6)27(28(37)33-20-11-8-2)24-18-16-23(9-3)17-19-24/h16-19,25,27H,7-15,20-22H2,1-6H3,(H2,32,36)(H,33,37)(H,34,39). The number of ether oxygens (including phenoxy) is 1. The van der Waals surface area contributed by atoms with E-state index in [0.29, 0.717) is 18.5 Å². The summed E-state index contributed by atoms with van der Waals surface area (Å²) < 4.78 is 5.35. The van der Waals surface area contributed by atoms with Gasteiger partial charge >= 0.3 is 6.09 Å². The van der Waals surface area contributed by atoms with E-state index in [1.807, 2.05) is 31.2 Å². The maximum atomic E-state index is 14.1. The highest BCUT2D eigenvalue weighted by atomic mass is 16.6. The van der Waals surface area contributed by atoms with Crippen LogP contribution in [-0.2, 0) is 25.5 Å². The normalized spacial score (nSPS) is 12.8. The number of nitrogens with two attached hydrogens (primary N) is 1. The lowest BCUT2D eigenvalue weighted by Crippen LogP contribution is -2.54. The van der Waals surface area contributed by atoms with E-state index in [0.717, 1.165) is 56.9 Å². The molecule has 4 amide bonds. The van der Waals surface area contributed by atoms with Crippen molar-refractivity contribution in [3.8, 4) is 0 Å². The van der Waals surface area contributed by atoms with Gasteiger partial charge < -0.3 is 26.0 Å². The molecular formula is C31H52N4O5. The highest BCUT2D eigenvalue weighted by Gasteiger charge is 2.36. The number of carbonyl (C=O) groups excluding carboxylic acids is 4. The molecule has 0 aliphatic heterocycles. The lowest BCUT2D eigenvalue weighted by Gasteiger charge is -2.34. The maximum Gasteiger partial charge on any atom is 0.408 e. The Morgan fingerprint density at radius 1 is 0.900 bits per heavy atom. The van der Waals surface area contributed by atoms with E-state index >= 15 is 0 Å². The van der Waals surface area contributed by atoms with E-state index < -0.39 is 42.0 Å². The number of alkyl carbamates (subject to hydrolysis) is 1. The van der Waals surface area contributed by atoms with E-state index in [2.05, 4.69) is 24.5 Å². The highest BCUT2D eigenvalue weighted by molar-refractivity contribution is 5.94. The molecule has 9 nitrogen and oxygen atoms in total. The quantitative estimate of drug-likeness (QED) is 0.213. The molecule has 4 N–H and O–H groups in total. The average molecular weight is 561 g/mol. The third-order valence-electron chi connectivity index (χ3n) is 6.52. The van der Waals surface area contributed by atoms with E-state index in [4.69, 9.17) is 10.5 Å². The number of primary amides is 1. The SMILES string of the molecule is CCCCCCCCN(C(=O)C(CC(N)=O)NC(=O)OC(C)(C)C)C(C(=O)NCCCC)c1ccc(CC)cc1. The number of nitrogens with one attached hydrogen (secondary N) is 2. The van der Waals surface area contributed by atoms with Crippen LogP contribution in [0.5, 0.6) is 0 Å². The summed E-state index contributed by atoms with van der Waals surface area (Å²) in [5.41, 5.74) is 6.46. The van der Waals surface area contributed by atoms with Crippen molar-refractivity contribution in [2.24, 2.45) is 5.73 Å². The van der Waals surface area contributed by atoms with Gasteiger partial charge in [0, 0.05) is 13.1 Å². The molecule has 226 valence electrons. The zero-order valence-corrected chi connectivity index (χ0v) is 25.5. The first-order valence-corrected chi connectivity index (χ1v) is 14.9. The van der Waals surface area contributed by atoms with Crippen LogP contribution in [0.4, 0.5) is 4.79 Å². The van der Waals surface area contributed by atoms with Crippen LogP contribution >= 0.6 is 0 Å². The largest absolute Gasteiger partial charge is 0.444 e. The van der Waals surface area contributed by atoms with Crippen LogP contribution in [0, 0.1) is 0 Å². The number of carbonyl (C=O) groups is 4. The molecule has 0 bridgehead atoms. The van der Waals surface area contributed by atoms with Gasteiger partial charge in [0.25, 0.3) is 0 Å². The summed E-state index contributed by atoms with van der Waals surface area (Å²) in [6.45, 7) is 12.1. The van der Waals surface area contributed by atoms with Crippen LogP contribution < -0.4 is 16.4 Å². The summed E-state index contributed by atoms with van der Waals surface area (Å²) in [6, 6.07) is 5.45. The third kappa shape index (κ3) is 13.3. The minimum atomic E-state index is -1.27. The number of amides is 4. The first kappa shape index (κ1) is 34.9. The molecule has 0 aliphatic rings. The molecule has 0 saturated carbocycles. The molecule has 1 rings (SSSR count). The Morgan fingerprint density at radius 3 is 2.05 bits per heavy atom. The summed E-state index contributed by atoms with van der Waals surface area (Å²) in [5.74, 6) is -1.59. The van der Waals surface area contributed by atoms with Crippen molar-refractivity contribution in [2.75, 3.05) is 13.1 Å². The van der Waals surface area contributed by atoms with Crippen LogP contribution in [0.3, 0.4) is 0 Å². The predicted octanol–water partition coefficient (Wildman–Crippen LogP) is 5.16. The molecule has 0 aliphatic carbocycles. The van der Waals surface area contributed by atoms with Crippen LogP contribution in [-0.4, -0.2) is 53.4 Å². The topological polar surface area (TPSA) is 131 Å². The molecule has 0 spiro atoms. The second-order valence-electron chi connectivity index (χ2n) is 11.3. The van der Waals surface area contributed by atoms with Crippen molar-refractivity contribution in [1.82, 2.24) is 15.5 Å². The fraction of sp³-hybridized carbons (Fsp3) is 0.677. The zero-order valence-electron chi connectivity index (χ0n) is 25.5. The molecule has 40 heavy (non-hydrogen) atoms. The Morgan fingerprint density at radius 2 is 1.50 bits per heavy atom. The second kappa shape index (κ2) is 18.3. The van der Waals surface area contributed by atoms with Gasteiger partial charge in [-0.15, -0.1) is 0 Å². The van der Waals surface area contributed by atoms with Gasteiger partial charge in [-0.3, -0.25) is 14.4 Å². The smallest absolute Gasteiger partial charge is 0.408 e. The Labute approximate surface area is 241 Å². The van der Waals surface area contributed by atoms with Crippen molar-refractivity contribution < 1.29 is 23.9 Å². The van der Waals surface area contributed by atoms with Crippen molar-refractivity contribution >= 4 is 23.8 Å². The van der Waals surface area contributed by atoms with Crippen LogP contribution in [0.1, 0.15) is 116 Å². The van der Waals surface area contributed by atoms with Gasteiger partial charge in [-0.2, -0.15) is 0 Å². The average Bonchev–Trinajstić information content (AvgIpc) is 2.88. The number of rotatable bonds is 18. The molecule has 0 radical (unpaired) electrons. The van der Waals surface area contributed by atoms with Gasteiger partial charge in [-0.1, -0.05) is 83.6 Å². The minimum absolute atomic E-state index is 0.289. The lowest BCUT2D eigenvalue weighted by atomic mass is 9.99. The van der Waals surface area contributed by atoms with Gasteiger partial charge in [-0.05, 0) is 51.2 Å². The molecule has 0 aromatic heterocycles. The fourth-order valence-corrected chi connectivity index (χ4v) is 4.37. The molecule has 0 fully saturated rings. The highest BCUT2D eigenvalue weighted by Crippen LogP contribution is 2.25. The first-order chi connectivity index (χ1) is 18.9. The Kier molecular flexibility index (Phi) is 16.0. The van der Waals surface area contributed by atoms with Crippen molar-refractivity contribution in [1.29, 1.82) is 0 Å². The van der Waals surface area contributed by atoms with E-state index in [1.165, 1.54) is 4.90 Å². The van der Waals surface area contributed by atoms with Gasteiger partial charge in [0.1, 0.15) is 17.7 Å². The molecule has 2 atom stereocenters. The van der Waals surface area contributed by atoms with E-state index in [1.54, 1.807) is 20.8 Å². The Bertz CT molecular complexity index is 927. The molecule has 0 heterocycles. The summed E-state index contributed by atoms with van der Waals surface area (Å²) in [7, 11) is 0. The number of hydrogen-bond acceptors (Lipinski definition) is 5. The Balaban J connectivity index is 3.43. The summed E-state index contributed by atoms with van der Waals surface area (Å²) in [4.78, 5) is 53.8.